The van der Waals surface area contributed by atoms with Crippen molar-refractivity contribution in [2.75, 3.05) is 12.5 Å². The van der Waals surface area contributed by atoms with Crippen LogP contribution in [0.5, 0.6) is 11.5 Å². The number of fused-ring (bicyclic) bond motifs is 1. The smallest absolute Gasteiger partial charge is 0.294 e. The Hall–Kier alpha value is -4.26. The fourth-order valence-corrected chi connectivity index (χ4v) is 3.38. The molecular formula is C17H12N8O4S. The molecule has 150 valence electrons. The number of hydrogen-bond acceptors (Lipinski definition) is 11. The summed E-state index contributed by atoms with van der Waals surface area (Å²) in [5.41, 5.74) is 9.13. The second-order valence-corrected chi connectivity index (χ2v) is 6.93. The second kappa shape index (κ2) is 7.29. The van der Waals surface area contributed by atoms with Gasteiger partial charge < -0.3 is 15.2 Å². The zero-order valence-electron chi connectivity index (χ0n) is 15.1. The topological polar surface area (TPSA) is 156 Å². The van der Waals surface area contributed by atoms with Crippen LogP contribution in [-0.4, -0.2) is 44.2 Å². The number of carbonyl (C=O) groups excluding carboxylic acids is 1. The van der Waals surface area contributed by atoms with Crippen LogP contribution in [0.1, 0.15) is 15.4 Å². The molecule has 1 aliphatic rings. The third kappa shape index (κ3) is 3.12. The van der Waals surface area contributed by atoms with E-state index < -0.39 is 5.91 Å². The Morgan fingerprint density at radius 3 is 2.97 bits per heavy atom. The van der Waals surface area contributed by atoms with Crippen molar-refractivity contribution in [3.63, 3.8) is 0 Å². The Morgan fingerprint density at radius 2 is 2.17 bits per heavy atom. The van der Waals surface area contributed by atoms with Crippen LogP contribution in [0.15, 0.2) is 45.4 Å². The number of nitrogens with zero attached hydrogens (tertiary/aromatic N) is 6. The van der Waals surface area contributed by atoms with Crippen LogP contribution in [0.3, 0.4) is 0 Å². The predicted octanol–water partition coefficient (Wildman–Crippen LogP) is 1.45. The molecular weight excluding hydrogens is 412 g/mol. The fourth-order valence-electron chi connectivity index (χ4n) is 2.80. The molecule has 0 radical (unpaired) electrons. The van der Waals surface area contributed by atoms with Crippen LogP contribution in [0.4, 0.5) is 5.82 Å². The number of thiophene rings is 1. The molecule has 0 atom stereocenters. The maximum absolute atomic E-state index is 12.8. The Bertz CT molecular complexity index is 1250. The first-order chi connectivity index (χ1) is 14.7. The zero-order valence-corrected chi connectivity index (χ0v) is 15.9. The molecule has 0 saturated heterocycles. The van der Waals surface area contributed by atoms with Gasteiger partial charge in [-0.15, -0.1) is 16.4 Å². The highest BCUT2D eigenvalue weighted by atomic mass is 32.1. The van der Waals surface area contributed by atoms with Gasteiger partial charge in [-0.05, 0) is 40.0 Å². The molecule has 1 aliphatic heterocycles. The van der Waals surface area contributed by atoms with Crippen molar-refractivity contribution in [2.24, 2.45) is 5.10 Å². The molecule has 0 saturated carbocycles. The lowest BCUT2D eigenvalue weighted by atomic mass is 10.1. The molecule has 1 aromatic carbocycles. The molecule has 12 nitrogen and oxygen atoms in total. The van der Waals surface area contributed by atoms with Crippen LogP contribution >= 0.6 is 11.3 Å². The van der Waals surface area contributed by atoms with Gasteiger partial charge in [-0.2, -0.15) is 9.78 Å². The van der Waals surface area contributed by atoms with Gasteiger partial charge in [0.15, 0.2) is 17.2 Å². The predicted molar refractivity (Wildman–Crippen MR) is 105 cm³/mol. The SMILES string of the molecule is Nc1nonc1-n1nnc(C(=O)N/N=C/c2cccs2)c1-c1ccc2c(c1)OCO2. The Labute approximate surface area is 171 Å². The number of hydrogen-bond donors (Lipinski definition) is 2. The lowest BCUT2D eigenvalue weighted by Crippen LogP contribution is -2.19. The van der Waals surface area contributed by atoms with Gasteiger partial charge in [0.25, 0.3) is 5.91 Å². The van der Waals surface area contributed by atoms with E-state index in [2.05, 4.69) is 35.8 Å². The third-order valence-electron chi connectivity index (χ3n) is 4.13. The molecule has 0 unspecified atom stereocenters. The van der Waals surface area contributed by atoms with E-state index in [1.54, 1.807) is 18.2 Å². The van der Waals surface area contributed by atoms with Gasteiger partial charge >= 0.3 is 0 Å². The Balaban J connectivity index is 1.55. The van der Waals surface area contributed by atoms with Gasteiger partial charge in [-0.25, -0.2) is 10.1 Å². The Kier molecular flexibility index (Phi) is 4.33. The summed E-state index contributed by atoms with van der Waals surface area (Å²) < 4.78 is 16.7. The number of nitrogens with two attached hydrogens (primary N) is 1. The summed E-state index contributed by atoms with van der Waals surface area (Å²) in [6.45, 7) is 0.112. The van der Waals surface area contributed by atoms with E-state index >= 15 is 0 Å². The molecule has 0 bridgehead atoms. The monoisotopic (exact) mass is 424 g/mol. The number of aromatic nitrogens is 5. The maximum Gasteiger partial charge on any atom is 0.294 e. The van der Waals surface area contributed by atoms with Crippen molar-refractivity contribution in [3.8, 4) is 28.6 Å². The Morgan fingerprint density at radius 1 is 1.27 bits per heavy atom. The number of carbonyl (C=O) groups is 1. The minimum Gasteiger partial charge on any atom is -0.454 e. The molecule has 5 rings (SSSR count). The highest BCUT2D eigenvalue weighted by Gasteiger charge is 2.26. The average Bonchev–Trinajstić information content (AvgIpc) is 3.53. The molecule has 0 fully saturated rings. The van der Waals surface area contributed by atoms with Crippen molar-refractivity contribution in [2.45, 2.75) is 0 Å². The molecule has 1 amide bonds. The molecule has 4 aromatic rings. The number of benzene rings is 1. The first-order valence-electron chi connectivity index (χ1n) is 8.52. The van der Waals surface area contributed by atoms with Crippen molar-refractivity contribution < 1.29 is 18.9 Å². The van der Waals surface area contributed by atoms with Gasteiger partial charge in [0, 0.05) is 10.4 Å². The molecule has 3 N–H and O–H groups in total. The van der Waals surface area contributed by atoms with Gasteiger partial charge in [-0.1, -0.05) is 11.3 Å². The minimum absolute atomic E-state index is 0.000375. The van der Waals surface area contributed by atoms with Crippen LogP contribution in [-0.2, 0) is 0 Å². The number of anilines is 1. The highest BCUT2D eigenvalue weighted by molar-refractivity contribution is 7.11. The van der Waals surface area contributed by atoms with Crippen LogP contribution in [0, 0.1) is 0 Å². The third-order valence-corrected chi connectivity index (χ3v) is 4.94. The fraction of sp³-hybridized carbons (Fsp3) is 0.0588. The lowest BCUT2D eigenvalue weighted by Gasteiger charge is -2.06. The van der Waals surface area contributed by atoms with Crippen LogP contribution in [0.2, 0.25) is 0 Å². The maximum atomic E-state index is 12.8. The van der Waals surface area contributed by atoms with E-state index in [0.29, 0.717) is 22.8 Å². The number of rotatable bonds is 5. The van der Waals surface area contributed by atoms with Gasteiger partial charge in [-0.3, -0.25) is 4.79 Å². The van der Waals surface area contributed by atoms with Crippen molar-refractivity contribution in [1.82, 2.24) is 30.7 Å². The molecule has 0 aliphatic carbocycles. The first kappa shape index (κ1) is 17.8. The van der Waals surface area contributed by atoms with Crippen molar-refractivity contribution in [1.29, 1.82) is 0 Å². The van der Waals surface area contributed by atoms with Crippen molar-refractivity contribution in [3.05, 3.63) is 46.3 Å². The molecule has 3 aromatic heterocycles. The van der Waals surface area contributed by atoms with Crippen LogP contribution in [0.25, 0.3) is 17.1 Å². The molecule has 0 spiro atoms. The van der Waals surface area contributed by atoms with Gasteiger partial charge in [0.05, 0.1) is 6.21 Å². The van der Waals surface area contributed by atoms with Gasteiger partial charge in [0.1, 0.15) is 5.69 Å². The molecule has 30 heavy (non-hydrogen) atoms. The highest BCUT2D eigenvalue weighted by Crippen LogP contribution is 2.37. The average molecular weight is 424 g/mol. The number of hydrazone groups is 1. The largest absolute Gasteiger partial charge is 0.454 e. The molecule has 4 heterocycles. The van der Waals surface area contributed by atoms with E-state index in [1.807, 2.05) is 17.5 Å². The first-order valence-corrected chi connectivity index (χ1v) is 9.39. The van der Waals surface area contributed by atoms with E-state index in [0.717, 1.165) is 4.88 Å². The summed E-state index contributed by atoms with van der Waals surface area (Å²) in [7, 11) is 0. The summed E-state index contributed by atoms with van der Waals surface area (Å²) in [6, 6.07) is 8.91. The number of amides is 1. The van der Waals surface area contributed by atoms with Crippen LogP contribution < -0.4 is 20.6 Å². The van der Waals surface area contributed by atoms with E-state index in [4.69, 9.17) is 15.2 Å². The minimum atomic E-state index is -0.572. The summed E-state index contributed by atoms with van der Waals surface area (Å²) in [5.74, 6) is 0.623. The second-order valence-electron chi connectivity index (χ2n) is 5.95. The number of ether oxygens (including phenoxy) is 2. The molecule has 13 heteroatoms. The summed E-state index contributed by atoms with van der Waals surface area (Å²) in [6.07, 6.45) is 1.53. The zero-order chi connectivity index (χ0) is 20.5. The normalized spacial score (nSPS) is 12.5. The van der Waals surface area contributed by atoms with E-state index in [9.17, 15) is 4.79 Å². The standard InChI is InChI=1S/C17H12N8O4S/c18-15-16(23-29-22-15)25-14(9-3-4-11-12(6-9)28-8-27-11)13(20-24-25)17(26)21-19-7-10-2-1-5-30-10/h1-7H,8H2,(H2,18,22)(H,21,26)/b19-7+. The number of nitrogen functional groups attached to an aromatic ring is 1. The van der Waals surface area contributed by atoms with E-state index in [-0.39, 0.29) is 24.1 Å². The van der Waals surface area contributed by atoms with E-state index in [1.165, 1.54) is 22.2 Å². The summed E-state index contributed by atoms with van der Waals surface area (Å²) in [4.78, 5) is 13.7. The van der Waals surface area contributed by atoms with Crippen molar-refractivity contribution >= 4 is 29.3 Å². The lowest BCUT2D eigenvalue weighted by molar-refractivity contribution is 0.0950. The van der Waals surface area contributed by atoms with Gasteiger partial charge in [0.2, 0.25) is 18.4 Å². The summed E-state index contributed by atoms with van der Waals surface area (Å²) >= 11 is 1.49. The summed E-state index contributed by atoms with van der Waals surface area (Å²) in [5, 5.41) is 21.2. The number of nitrogens with one attached hydrogen (secondary N) is 1. The quantitative estimate of drug-likeness (QED) is 0.357.